The van der Waals surface area contributed by atoms with Crippen LogP contribution in [0.15, 0.2) is 0 Å². The van der Waals surface area contributed by atoms with Gasteiger partial charge in [-0.2, -0.15) is 5.10 Å². The van der Waals surface area contributed by atoms with Crippen molar-refractivity contribution < 1.29 is 9.53 Å². The molecule has 7 heteroatoms. The Bertz CT molecular complexity index is 575. The molecule has 23 heavy (non-hydrogen) atoms. The first-order valence-electron chi connectivity index (χ1n) is 7.98. The van der Waals surface area contributed by atoms with Crippen LogP contribution in [0, 0.1) is 13.8 Å². The minimum Gasteiger partial charge on any atom is -0.444 e. The first-order valence-corrected chi connectivity index (χ1v) is 7.98. The molecule has 1 aliphatic heterocycles. The Balaban J connectivity index is 2.05. The maximum Gasteiger partial charge on any atom is 0.410 e. The molecule has 1 aromatic rings. The molecule has 1 saturated heterocycles. The van der Waals surface area contributed by atoms with Gasteiger partial charge in [0.05, 0.1) is 5.69 Å². The van der Waals surface area contributed by atoms with E-state index in [1.54, 1.807) is 4.90 Å². The number of amides is 1. The highest BCUT2D eigenvalue weighted by Gasteiger charge is 2.27. The van der Waals surface area contributed by atoms with E-state index in [9.17, 15) is 4.79 Å². The Morgan fingerprint density at radius 2 is 1.78 bits per heavy atom. The van der Waals surface area contributed by atoms with E-state index in [4.69, 9.17) is 10.5 Å². The molecule has 2 N–H and O–H groups in total. The van der Waals surface area contributed by atoms with Crippen molar-refractivity contribution in [2.75, 3.05) is 31.1 Å². The lowest BCUT2D eigenvalue weighted by molar-refractivity contribution is 0.0240. The fraction of sp³-hybridized carbons (Fsp3) is 0.688. The molecule has 0 aromatic carbocycles. The fourth-order valence-corrected chi connectivity index (χ4v) is 2.57. The number of hydrogen-bond donors (Lipinski definition) is 1. The summed E-state index contributed by atoms with van der Waals surface area (Å²) in [6.07, 6.45) is -0.262. The number of nitrogens with zero attached hydrogens (tertiary/aromatic N) is 4. The molecule has 0 spiro atoms. The Morgan fingerprint density at radius 1 is 1.17 bits per heavy atom. The van der Waals surface area contributed by atoms with Crippen molar-refractivity contribution in [1.29, 1.82) is 0 Å². The Labute approximate surface area is 137 Å². The molecule has 0 aliphatic carbocycles. The third-order valence-electron chi connectivity index (χ3n) is 4.00. The fourth-order valence-electron chi connectivity index (χ4n) is 2.57. The molecule has 2 heterocycles. The number of hydrogen-bond acceptors (Lipinski definition) is 6. The van der Waals surface area contributed by atoms with Crippen LogP contribution in [0.3, 0.4) is 0 Å². The highest BCUT2D eigenvalue weighted by molar-refractivity contribution is 5.68. The summed E-state index contributed by atoms with van der Waals surface area (Å²) in [4.78, 5) is 16.0. The van der Waals surface area contributed by atoms with Gasteiger partial charge < -0.3 is 20.3 Å². The molecular formula is C16H27N5O2. The second kappa shape index (κ2) is 6.70. The van der Waals surface area contributed by atoms with E-state index < -0.39 is 5.60 Å². The maximum absolute atomic E-state index is 12.1. The molecule has 1 aromatic heterocycles. The number of aryl methyl sites for hydroxylation is 1. The Hall–Kier alpha value is -1.89. The summed E-state index contributed by atoms with van der Waals surface area (Å²) in [5.74, 6) is 0.833. The Morgan fingerprint density at radius 3 is 2.30 bits per heavy atom. The van der Waals surface area contributed by atoms with Crippen LogP contribution in [0.25, 0.3) is 0 Å². The van der Waals surface area contributed by atoms with Gasteiger partial charge >= 0.3 is 6.09 Å². The second-order valence-corrected chi connectivity index (χ2v) is 6.87. The monoisotopic (exact) mass is 321 g/mol. The average Bonchev–Trinajstić information content (AvgIpc) is 2.48. The van der Waals surface area contributed by atoms with Gasteiger partial charge in [-0.05, 0) is 40.2 Å². The maximum atomic E-state index is 12.1. The highest BCUT2D eigenvalue weighted by atomic mass is 16.6. The smallest absolute Gasteiger partial charge is 0.410 e. The molecule has 0 atom stereocenters. The molecule has 7 nitrogen and oxygen atoms in total. The third kappa shape index (κ3) is 4.10. The second-order valence-electron chi connectivity index (χ2n) is 6.87. The lowest BCUT2D eigenvalue weighted by atomic mass is 10.1. The lowest BCUT2D eigenvalue weighted by Crippen LogP contribution is -2.50. The van der Waals surface area contributed by atoms with Crippen molar-refractivity contribution in [2.45, 2.75) is 46.8 Å². The molecule has 2 rings (SSSR count). The number of rotatable bonds is 2. The SMILES string of the molecule is Cc1nnc(N2CCN(C(=O)OC(C)(C)C)CC2)c(CN)c1C. The van der Waals surface area contributed by atoms with Crippen molar-refractivity contribution in [3.63, 3.8) is 0 Å². The van der Waals surface area contributed by atoms with Gasteiger partial charge in [0, 0.05) is 38.3 Å². The van der Waals surface area contributed by atoms with Crippen LogP contribution in [0.4, 0.5) is 10.6 Å². The number of carbonyl (C=O) groups is 1. The van der Waals surface area contributed by atoms with Gasteiger partial charge in [0.2, 0.25) is 0 Å². The lowest BCUT2D eigenvalue weighted by Gasteiger charge is -2.36. The van der Waals surface area contributed by atoms with Gasteiger partial charge in [0.15, 0.2) is 5.82 Å². The van der Waals surface area contributed by atoms with Crippen LogP contribution < -0.4 is 10.6 Å². The van der Waals surface area contributed by atoms with Crippen molar-refractivity contribution in [1.82, 2.24) is 15.1 Å². The van der Waals surface area contributed by atoms with Crippen LogP contribution in [-0.4, -0.2) is 53.0 Å². The zero-order valence-electron chi connectivity index (χ0n) is 14.7. The van der Waals surface area contributed by atoms with E-state index in [0.29, 0.717) is 32.7 Å². The minimum atomic E-state index is -0.472. The number of nitrogens with two attached hydrogens (primary N) is 1. The van der Waals surface area contributed by atoms with Crippen LogP contribution in [-0.2, 0) is 11.3 Å². The molecule has 0 bridgehead atoms. The van der Waals surface area contributed by atoms with Gasteiger partial charge in [-0.25, -0.2) is 4.79 Å². The summed E-state index contributed by atoms with van der Waals surface area (Å²) in [7, 11) is 0. The summed E-state index contributed by atoms with van der Waals surface area (Å²) >= 11 is 0. The molecule has 1 aliphatic rings. The predicted molar refractivity (Wildman–Crippen MR) is 89.4 cm³/mol. The van der Waals surface area contributed by atoms with Crippen molar-refractivity contribution >= 4 is 11.9 Å². The number of piperazine rings is 1. The summed E-state index contributed by atoms with van der Waals surface area (Å²) in [6, 6.07) is 0. The van der Waals surface area contributed by atoms with E-state index in [-0.39, 0.29) is 6.09 Å². The molecule has 1 amide bonds. The topological polar surface area (TPSA) is 84.6 Å². The molecule has 1 fully saturated rings. The standard InChI is InChI=1S/C16H27N5O2/c1-11-12(2)18-19-14(13(11)10-17)20-6-8-21(9-7-20)15(22)23-16(3,4)5/h6-10,17H2,1-5H3. The van der Waals surface area contributed by atoms with E-state index >= 15 is 0 Å². The molecule has 0 radical (unpaired) electrons. The number of carbonyl (C=O) groups excluding carboxylic acids is 1. The summed E-state index contributed by atoms with van der Waals surface area (Å²) in [6.45, 7) is 12.6. The molecular weight excluding hydrogens is 294 g/mol. The zero-order chi connectivity index (χ0) is 17.2. The van der Waals surface area contributed by atoms with Gasteiger partial charge in [-0.3, -0.25) is 0 Å². The average molecular weight is 321 g/mol. The van der Waals surface area contributed by atoms with Gasteiger partial charge in [-0.1, -0.05) is 0 Å². The van der Waals surface area contributed by atoms with E-state index in [1.807, 2.05) is 34.6 Å². The predicted octanol–water partition coefficient (Wildman–Crippen LogP) is 1.61. The van der Waals surface area contributed by atoms with Gasteiger partial charge in [0.25, 0.3) is 0 Å². The molecule has 0 saturated carbocycles. The zero-order valence-corrected chi connectivity index (χ0v) is 14.7. The normalized spacial score (nSPS) is 15.7. The van der Waals surface area contributed by atoms with E-state index in [2.05, 4.69) is 15.1 Å². The highest BCUT2D eigenvalue weighted by Crippen LogP contribution is 2.23. The number of anilines is 1. The first-order chi connectivity index (χ1) is 10.7. The number of ether oxygens (including phenoxy) is 1. The summed E-state index contributed by atoms with van der Waals surface area (Å²) in [5.41, 5.74) is 8.45. The van der Waals surface area contributed by atoms with Gasteiger partial charge in [0.1, 0.15) is 5.60 Å². The van der Waals surface area contributed by atoms with Crippen molar-refractivity contribution in [3.05, 3.63) is 16.8 Å². The summed E-state index contributed by atoms with van der Waals surface area (Å²) in [5, 5.41) is 8.54. The van der Waals surface area contributed by atoms with Crippen molar-refractivity contribution in [2.24, 2.45) is 5.73 Å². The number of aromatic nitrogens is 2. The van der Waals surface area contributed by atoms with E-state index in [0.717, 1.165) is 22.6 Å². The quantitative estimate of drug-likeness (QED) is 0.891. The molecule has 128 valence electrons. The van der Waals surface area contributed by atoms with Crippen LogP contribution in [0.5, 0.6) is 0 Å². The van der Waals surface area contributed by atoms with Crippen LogP contribution >= 0.6 is 0 Å². The minimum absolute atomic E-state index is 0.262. The van der Waals surface area contributed by atoms with E-state index in [1.165, 1.54) is 0 Å². The third-order valence-corrected chi connectivity index (χ3v) is 4.00. The van der Waals surface area contributed by atoms with Crippen LogP contribution in [0.2, 0.25) is 0 Å². The Kier molecular flexibility index (Phi) is 5.09. The largest absolute Gasteiger partial charge is 0.444 e. The summed E-state index contributed by atoms with van der Waals surface area (Å²) < 4.78 is 5.42. The van der Waals surface area contributed by atoms with Gasteiger partial charge in [-0.15, -0.1) is 5.10 Å². The van der Waals surface area contributed by atoms with Crippen LogP contribution in [0.1, 0.15) is 37.6 Å². The molecule has 0 unspecified atom stereocenters. The van der Waals surface area contributed by atoms with Crippen molar-refractivity contribution in [3.8, 4) is 0 Å². The first kappa shape index (κ1) is 17.5.